The van der Waals surface area contributed by atoms with Crippen LogP contribution in [0.2, 0.25) is 0 Å². The van der Waals surface area contributed by atoms with Crippen LogP contribution in [0.4, 0.5) is 10.1 Å². The molecule has 1 fully saturated rings. The molecule has 0 bridgehead atoms. The van der Waals surface area contributed by atoms with Crippen molar-refractivity contribution in [2.45, 2.75) is 58.0 Å². The Bertz CT molecular complexity index is 1380. The fraction of sp³-hybridized carbons (Fsp3) is 0.344. The second-order valence-electron chi connectivity index (χ2n) is 10.9. The molecule has 0 aromatic heterocycles. The van der Waals surface area contributed by atoms with Crippen LogP contribution in [0.15, 0.2) is 72.8 Å². The number of Topliss-reactive ketones (excluding diaryl/α,β-unsaturated/α-hetero) is 1. The maximum atomic E-state index is 14.6. The summed E-state index contributed by atoms with van der Waals surface area (Å²) in [5.41, 5.74) is 2.02. The minimum absolute atomic E-state index is 0.172. The number of ketones is 1. The van der Waals surface area contributed by atoms with E-state index in [-0.39, 0.29) is 29.9 Å². The number of fused-ring (bicyclic) bond motifs is 2. The Kier molecular flexibility index (Phi) is 6.68. The third-order valence-electron chi connectivity index (χ3n) is 8.02. The first kappa shape index (κ1) is 25.8. The van der Waals surface area contributed by atoms with Crippen molar-refractivity contribution in [3.05, 3.63) is 101 Å². The Morgan fingerprint density at radius 3 is 2.29 bits per heavy atom. The van der Waals surface area contributed by atoms with Crippen molar-refractivity contribution in [3.63, 3.8) is 0 Å². The van der Waals surface area contributed by atoms with Gasteiger partial charge < -0.3 is 10.2 Å². The normalized spacial score (nSPS) is 24.1. The summed E-state index contributed by atoms with van der Waals surface area (Å²) >= 11 is 0. The number of benzene rings is 3. The molecule has 3 aromatic rings. The van der Waals surface area contributed by atoms with Gasteiger partial charge in [-0.3, -0.25) is 14.4 Å². The Hall–Kier alpha value is -3.80. The highest BCUT2D eigenvalue weighted by Gasteiger charge is 2.69. The van der Waals surface area contributed by atoms with E-state index in [2.05, 4.69) is 19.2 Å². The molecule has 5 nitrogen and oxygen atoms in total. The Labute approximate surface area is 223 Å². The molecule has 5 rings (SSSR count). The van der Waals surface area contributed by atoms with Crippen LogP contribution in [0.1, 0.15) is 66.6 Å². The molecule has 1 saturated heterocycles. The predicted molar refractivity (Wildman–Crippen MR) is 145 cm³/mol. The molecular weight excluding hydrogens is 479 g/mol. The maximum Gasteiger partial charge on any atom is 0.255 e. The van der Waals surface area contributed by atoms with Crippen molar-refractivity contribution in [2.24, 2.45) is 11.8 Å². The number of nitrogens with zero attached hydrogens (tertiary/aromatic N) is 1. The quantitative estimate of drug-likeness (QED) is 0.398. The van der Waals surface area contributed by atoms with E-state index in [0.29, 0.717) is 23.2 Å². The van der Waals surface area contributed by atoms with E-state index < -0.39 is 29.2 Å². The molecule has 3 aromatic carbocycles. The first-order chi connectivity index (χ1) is 18.2. The highest BCUT2D eigenvalue weighted by Crippen LogP contribution is 2.60. The lowest BCUT2D eigenvalue weighted by Gasteiger charge is -2.39. The average molecular weight is 513 g/mol. The van der Waals surface area contributed by atoms with Crippen molar-refractivity contribution < 1.29 is 18.8 Å². The number of rotatable bonds is 6. The summed E-state index contributed by atoms with van der Waals surface area (Å²) in [7, 11) is 0. The van der Waals surface area contributed by atoms with E-state index in [1.54, 1.807) is 11.8 Å². The van der Waals surface area contributed by atoms with Crippen LogP contribution in [0.5, 0.6) is 0 Å². The molecule has 38 heavy (non-hydrogen) atoms. The monoisotopic (exact) mass is 512 g/mol. The largest absolute Gasteiger partial charge is 0.323 e. The second kappa shape index (κ2) is 9.82. The fourth-order valence-corrected chi connectivity index (χ4v) is 6.50. The molecule has 196 valence electrons. The third kappa shape index (κ3) is 3.94. The Morgan fingerprint density at radius 1 is 1.00 bits per heavy atom. The predicted octanol–water partition coefficient (Wildman–Crippen LogP) is 6.23. The molecule has 1 spiro atoms. The summed E-state index contributed by atoms with van der Waals surface area (Å²) in [5, 5.41) is 2.99. The van der Waals surface area contributed by atoms with E-state index in [4.69, 9.17) is 0 Å². The zero-order valence-corrected chi connectivity index (χ0v) is 22.2. The van der Waals surface area contributed by atoms with Crippen LogP contribution in [-0.2, 0) is 15.1 Å². The SMILES string of the molecule is CCC(=O)N1C(CC(C)C)C(c2ccc(C)cc2)C(C(=O)c2ccc(F)cc2)C12C(=O)Nc1ccccc12. The molecule has 1 N–H and O–H groups in total. The lowest BCUT2D eigenvalue weighted by atomic mass is 9.69. The number of amides is 2. The summed E-state index contributed by atoms with van der Waals surface area (Å²) in [6.07, 6.45) is 0.818. The first-order valence-electron chi connectivity index (χ1n) is 13.3. The summed E-state index contributed by atoms with van der Waals surface area (Å²) in [6, 6.07) is 20.4. The summed E-state index contributed by atoms with van der Waals surface area (Å²) in [6.45, 7) is 7.97. The number of halogens is 1. The summed E-state index contributed by atoms with van der Waals surface area (Å²) in [4.78, 5) is 44.4. The zero-order valence-electron chi connectivity index (χ0n) is 22.2. The summed E-state index contributed by atoms with van der Waals surface area (Å²) < 4.78 is 13.9. The summed E-state index contributed by atoms with van der Waals surface area (Å²) in [5.74, 6) is -2.40. The van der Waals surface area contributed by atoms with Gasteiger partial charge in [-0.15, -0.1) is 0 Å². The molecule has 4 unspecified atom stereocenters. The van der Waals surface area contributed by atoms with Crippen molar-refractivity contribution in [1.29, 1.82) is 0 Å². The van der Waals surface area contributed by atoms with Crippen LogP contribution >= 0.6 is 0 Å². The van der Waals surface area contributed by atoms with E-state index in [0.717, 1.165) is 11.1 Å². The van der Waals surface area contributed by atoms with Gasteiger partial charge in [0.25, 0.3) is 5.91 Å². The molecule has 0 aliphatic carbocycles. The second-order valence-corrected chi connectivity index (χ2v) is 10.9. The number of carbonyl (C=O) groups is 3. The van der Waals surface area contributed by atoms with Gasteiger partial charge in [0.1, 0.15) is 5.82 Å². The average Bonchev–Trinajstić information content (AvgIpc) is 3.35. The van der Waals surface area contributed by atoms with Crippen LogP contribution < -0.4 is 5.32 Å². The van der Waals surface area contributed by atoms with Gasteiger partial charge in [0.05, 0.1) is 5.92 Å². The van der Waals surface area contributed by atoms with Gasteiger partial charge in [0, 0.05) is 35.2 Å². The van der Waals surface area contributed by atoms with Crippen LogP contribution in [-0.4, -0.2) is 28.5 Å². The molecule has 2 heterocycles. The number of likely N-dealkylation sites (tertiary alicyclic amines) is 1. The molecule has 6 heteroatoms. The minimum atomic E-state index is -1.52. The lowest BCUT2D eigenvalue weighted by Crippen LogP contribution is -2.56. The van der Waals surface area contributed by atoms with Gasteiger partial charge in [-0.1, -0.05) is 68.8 Å². The Morgan fingerprint density at radius 2 is 1.66 bits per heavy atom. The molecule has 2 aliphatic heterocycles. The van der Waals surface area contributed by atoms with E-state index >= 15 is 0 Å². The van der Waals surface area contributed by atoms with Crippen molar-refractivity contribution >= 4 is 23.3 Å². The molecule has 2 amide bonds. The number of carbonyl (C=O) groups excluding carboxylic acids is 3. The van der Waals surface area contributed by atoms with Crippen molar-refractivity contribution in [3.8, 4) is 0 Å². The number of nitrogens with one attached hydrogen (secondary N) is 1. The third-order valence-corrected chi connectivity index (χ3v) is 8.02. The zero-order chi connectivity index (χ0) is 27.2. The number of aryl methyl sites for hydroxylation is 1. The van der Waals surface area contributed by atoms with Gasteiger partial charge in [-0.2, -0.15) is 0 Å². The van der Waals surface area contributed by atoms with Gasteiger partial charge in [-0.25, -0.2) is 4.39 Å². The molecule has 0 saturated carbocycles. The van der Waals surface area contributed by atoms with Crippen molar-refractivity contribution in [1.82, 2.24) is 4.90 Å². The number of para-hydroxylation sites is 1. The molecule has 0 radical (unpaired) electrons. The van der Waals surface area contributed by atoms with Crippen LogP contribution in [0, 0.1) is 24.6 Å². The van der Waals surface area contributed by atoms with E-state index in [9.17, 15) is 18.8 Å². The van der Waals surface area contributed by atoms with Crippen molar-refractivity contribution in [2.75, 3.05) is 5.32 Å². The van der Waals surface area contributed by atoms with Gasteiger partial charge in [0.15, 0.2) is 11.3 Å². The molecular formula is C32H33FN2O3. The number of hydrogen-bond acceptors (Lipinski definition) is 3. The molecule has 4 atom stereocenters. The van der Waals surface area contributed by atoms with E-state index in [1.165, 1.54) is 24.3 Å². The lowest BCUT2D eigenvalue weighted by molar-refractivity contribution is -0.146. The maximum absolute atomic E-state index is 14.6. The Balaban J connectivity index is 1.85. The number of hydrogen-bond donors (Lipinski definition) is 1. The standard InChI is InChI=1S/C32H33FN2O3/c1-5-27(36)35-26(18-19(2)3)28(21-12-10-20(4)11-13-21)29(30(37)22-14-16-23(33)17-15-22)32(35)24-8-6-7-9-25(24)34-31(32)38/h6-17,19,26,28-29H,5,18H2,1-4H3,(H,34,38). The van der Waals surface area contributed by atoms with E-state index in [1.807, 2.05) is 55.5 Å². The first-order valence-corrected chi connectivity index (χ1v) is 13.3. The smallest absolute Gasteiger partial charge is 0.255 e. The van der Waals surface area contributed by atoms with Gasteiger partial charge >= 0.3 is 0 Å². The number of anilines is 1. The van der Waals surface area contributed by atoms with Crippen LogP contribution in [0.25, 0.3) is 0 Å². The molecule has 2 aliphatic rings. The van der Waals surface area contributed by atoms with Crippen LogP contribution in [0.3, 0.4) is 0 Å². The minimum Gasteiger partial charge on any atom is -0.323 e. The van der Waals surface area contributed by atoms with Gasteiger partial charge in [0.2, 0.25) is 5.91 Å². The highest BCUT2D eigenvalue weighted by atomic mass is 19.1. The topological polar surface area (TPSA) is 66.5 Å². The highest BCUT2D eigenvalue weighted by molar-refractivity contribution is 6.14. The van der Waals surface area contributed by atoms with Gasteiger partial charge in [-0.05, 0) is 55.2 Å². The fourth-order valence-electron chi connectivity index (χ4n) is 6.50.